The van der Waals surface area contributed by atoms with Crippen LogP contribution < -0.4 is 0 Å². The fraction of sp³-hybridized carbons (Fsp3) is 1.00. The molecule has 0 radical (unpaired) electrons. The summed E-state index contributed by atoms with van der Waals surface area (Å²) in [5.74, 6) is 0.833. The third kappa shape index (κ3) is 24.6. The largest absolute Gasteiger partial charge is 0.307 e. The number of rotatable bonds is 2. The van der Waals surface area contributed by atoms with Crippen LogP contribution in [0.5, 0.6) is 0 Å². The van der Waals surface area contributed by atoms with Gasteiger partial charge in [0.15, 0.2) is 0 Å². The molecule has 0 bridgehead atoms. The molecule has 64 valence electrons. The molecule has 10 heavy (non-hydrogen) atoms. The zero-order valence-electron chi connectivity index (χ0n) is 8.44. The first-order valence-electron chi connectivity index (χ1n) is 4.23. The summed E-state index contributed by atoms with van der Waals surface area (Å²) in [4.78, 5) is 2.25. The van der Waals surface area contributed by atoms with E-state index in [1.807, 2.05) is 0 Å². The maximum absolute atomic E-state index is 2.25. The first kappa shape index (κ1) is 12.6. The monoisotopic (exact) mass is 145 g/mol. The number of hydrogen-bond acceptors (Lipinski definition) is 1. The van der Waals surface area contributed by atoms with Crippen LogP contribution in [-0.2, 0) is 0 Å². The average Bonchev–Trinajstić information content (AvgIpc) is 1.85. The van der Waals surface area contributed by atoms with Crippen LogP contribution >= 0.6 is 0 Å². The van der Waals surface area contributed by atoms with Crippen LogP contribution in [0.15, 0.2) is 0 Å². The summed E-state index contributed by atoms with van der Waals surface area (Å²) in [6.07, 6.45) is 0. The third-order valence-corrected chi connectivity index (χ3v) is 1.08. The lowest BCUT2D eigenvalue weighted by Gasteiger charge is -2.07. The van der Waals surface area contributed by atoms with Gasteiger partial charge in [0.25, 0.3) is 0 Å². The van der Waals surface area contributed by atoms with E-state index in [1.165, 1.54) is 0 Å². The Balaban J connectivity index is 0. The molecule has 0 aliphatic heterocycles. The molecule has 0 fully saturated rings. The highest BCUT2D eigenvalue weighted by atomic mass is 15.1. The highest BCUT2D eigenvalue weighted by molar-refractivity contribution is 4.36. The molecule has 1 nitrogen and oxygen atoms in total. The summed E-state index contributed by atoms with van der Waals surface area (Å²) >= 11 is 0. The zero-order chi connectivity index (χ0) is 8.57. The van der Waals surface area contributed by atoms with Gasteiger partial charge in [-0.15, -0.1) is 0 Å². The smallest absolute Gasteiger partial charge is 0.00504 e. The molecular weight excluding hydrogens is 122 g/mol. The van der Waals surface area contributed by atoms with Gasteiger partial charge in [-0.25, -0.2) is 0 Å². The normalized spacial score (nSPS) is 9.60. The minimum atomic E-state index is 0.833. The number of nitrogens with zero attached hydrogens (tertiary/aromatic N) is 1. The molecule has 0 atom stereocenters. The Bertz CT molecular complexity index is 43.9. The van der Waals surface area contributed by atoms with Crippen LogP contribution in [0.3, 0.4) is 0 Å². The van der Waals surface area contributed by atoms with E-state index in [0.29, 0.717) is 0 Å². The summed E-state index contributed by atoms with van der Waals surface area (Å²) in [5, 5.41) is 0. The van der Waals surface area contributed by atoms with Crippen molar-refractivity contribution in [3.63, 3.8) is 0 Å². The Kier molecular flexibility index (Phi) is 11.3. The lowest BCUT2D eigenvalue weighted by molar-refractivity contribution is 0.373. The predicted molar refractivity (Wildman–Crippen MR) is 49.4 cm³/mol. The highest BCUT2D eigenvalue weighted by Crippen LogP contribution is 1.81. The molecule has 0 amide bonds. The minimum Gasteiger partial charge on any atom is -0.307 e. The van der Waals surface area contributed by atoms with Gasteiger partial charge in [0.1, 0.15) is 0 Å². The molecule has 0 N–H and O–H groups in total. The Morgan fingerprint density at radius 3 is 1.20 bits per heavy atom. The zero-order valence-corrected chi connectivity index (χ0v) is 8.44. The standard InChI is InChI=1S/C5H13N.C4H10/c1-4-6(3)5-2;1-4(2)3/h4-5H2,1-3H3;4H,1-3H3. The van der Waals surface area contributed by atoms with Crippen molar-refractivity contribution < 1.29 is 0 Å². The second kappa shape index (κ2) is 8.96. The lowest BCUT2D eigenvalue weighted by atomic mass is 10.3. The van der Waals surface area contributed by atoms with Crippen LogP contribution in [-0.4, -0.2) is 25.0 Å². The minimum absolute atomic E-state index is 0.833. The van der Waals surface area contributed by atoms with E-state index in [9.17, 15) is 0 Å². The molecule has 0 heterocycles. The predicted octanol–water partition coefficient (Wildman–Crippen LogP) is 2.62. The van der Waals surface area contributed by atoms with Crippen molar-refractivity contribution in [3.05, 3.63) is 0 Å². The van der Waals surface area contributed by atoms with E-state index >= 15 is 0 Å². The van der Waals surface area contributed by atoms with Crippen LogP contribution in [0.1, 0.15) is 34.6 Å². The van der Waals surface area contributed by atoms with Gasteiger partial charge in [0.05, 0.1) is 0 Å². The van der Waals surface area contributed by atoms with Gasteiger partial charge in [0, 0.05) is 0 Å². The molecule has 0 rings (SSSR count). The molecule has 0 unspecified atom stereocenters. The van der Waals surface area contributed by atoms with E-state index in [0.717, 1.165) is 19.0 Å². The van der Waals surface area contributed by atoms with Crippen molar-refractivity contribution in [1.29, 1.82) is 0 Å². The van der Waals surface area contributed by atoms with Crippen LogP contribution in [0.25, 0.3) is 0 Å². The molecule has 0 aliphatic rings. The van der Waals surface area contributed by atoms with Gasteiger partial charge in [-0.05, 0) is 26.1 Å². The van der Waals surface area contributed by atoms with E-state index < -0.39 is 0 Å². The van der Waals surface area contributed by atoms with Gasteiger partial charge < -0.3 is 4.90 Å². The Hall–Kier alpha value is -0.0400. The summed E-state index contributed by atoms with van der Waals surface area (Å²) < 4.78 is 0. The maximum Gasteiger partial charge on any atom is -0.00504 e. The second-order valence-corrected chi connectivity index (χ2v) is 3.22. The van der Waals surface area contributed by atoms with Crippen molar-refractivity contribution in [1.82, 2.24) is 4.90 Å². The summed E-state index contributed by atoms with van der Waals surface area (Å²) in [6, 6.07) is 0. The molecule has 0 aliphatic carbocycles. The van der Waals surface area contributed by atoms with Crippen LogP contribution in [0.2, 0.25) is 0 Å². The van der Waals surface area contributed by atoms with Crippen LogP contribution in [0.4, 0.5) is 0 Å². The summed E-state index contributed by atoms with van der Waals surface area (Å²) in [7, 11) is 2.11. The fourth-order valence-corrected chi connectivity index (χ4v) is 0.224. The third-order valence-electron chi connectivity index (χ3n) is 1.08. The maximum atomic E-state index is 2.25. The van der Waals surface area contributed by atoms with E-state index in [2.05, 4.69) is 46.6 Å². The van der Waals surface area contributed by atoms with Crippen LogP contribution in [0, 0.1) is 5.92 Å². The average molecular weight is 145 g/mol. The van der Waals surface area contributed by atoms with E-state index in [-0.39, 0.29) is 0 Å². The summed E-state index contributed by atoms with van der Waals surface area (Å²) in [6.45, 7) is 13.1. The Morgan fingerprint density at radius 1 is 1.00 bits per heavy atom. The fourth-order valence-electron chi connectivity index (χ4n) is 0.224. The van der Waals surface area contributed by atoms with Gasteiger partial charge in [0.2, 0.25) is 0 Å². The van der Waals surface area contributed by atoms with E-state index in [4.69, 9.17) is 0 Å². The first-order chi connectivity index (χ1) is 4.54. The van der Waals surface area contributed by atoms with Gasteiger partial charge in [-0.3, -0.25) is 0 Å². The summed E-state index contributed by atoms with van der Waals surface area (Å²) in [5.41, 5.74) is 0. The molecule has 0 aromatic heterocycles. The topological polar surface area (TPSA) is 3.24 Å². The van der Waals surface area contributed by atoms with Crippen molar-refractivity contribution in [2.45, 2.75) is 34.6 Å². The van der Waals surface area contributed by atoms with Crippen molar-refractivity contribution in [2.24, 2.45) is 5.92 Å². The van der Waals surface area contributed by atoms with Crippen molar-refractivity contribution in [3.8, 4) is 0 Å². The molecule has 1 heteroatoms. The Labute approximate surface area is 66.4 Å². The van der Waals surface area contributed by atoms with Crippen molar-refractivity contribution >= 4 is 0 Å². The molecule has 0 aromatic carbocycles. The van der Waals surface area contributed by atoms with E-state index in [1.54, 1.807) is 0 Å². The lowest BCUT2D eigenvalue weighted by Crippen LogP contribution is -2.15. The molecule has 0 saturated heterocycles. The van der Waals surface area contributed by atoms with Gasteiger partial charge in [-0.1, -0.05) is 34.6 Å². The van der Waals surface area contributed by atoms with Gasteiger partial charge in [-0.2, -0.15) is 0 Å². The molecule has 0 saturated carbocycles. The number of hydrogen-bond donors (Lipinski definition) is 0. The second-order valence-electron chi connectivity index (χ2n) is 3.22. The highest BCUT2D eigenvalue weighted by Gasteiger charge is 1.81. The first-order valence-corrected chi connectivity index (χ1v) is 4.23. The molecule has 0 aromatic rings. The SMILES string of the molecule is CC(C)C.CCN(C)CC. The molecule has 0 spiro atoms. The van der Waals surface area contributed by atoms with Crippen molar-refractivity contribution in [2.75, 3.05) is 20.1 Å². The quantitative estimate of drug-likeness (QED) is 0.577. The Morgan fingerprint density at radius 2 is 1.20 bits per heavy atom. The molecular formula is C9H23N. The van der Waals surface area contributed by atoms with Gasteiger partial charge >= 0.3 is 0 Å².